The van der Waals surface area contributed by atoms with Crippen LogP contribution < -0.4 is 0 Å². The Balaban J connectivity index is 2.26. The van der Waals surface area contributed by atoms with Crippen molar-refractivity contribution in [2.75, 3.05) is 0 Å². The van der Waals surface area contributed by atoms with Crippen molar-refractivity contribution in [2.45, 2.75) is 6.92 Å². The largest absolute Gasteiger partial charge is 0.297 e. The molecule has 0 saturated carbocycles. The third-order valence-corrected chi connectivity index (χ3v) is 2.98. The van der Waals surface area contributed by atoms with Gasteiger partial charge in [-0.3, -0.25) is 4.57 Å². The zero-order valence-corrected chi connectivity index (χ0v) is 10.4. The molecule has 0 saturated heterocycles. The molecule has 0 fully saturated rings. The number of nitrogens with zero attached hydrogens (tertiary/aromatic N) is 5. The second-order valence-electron chi connectivity index (χ2n) is 4.19. The van der Waals surface area contributed by atoms with E-state index in [2.05, 4.69) is 19.6 Å². The van der Waals surface area contributed by atoms with Crippen molar-refractivity contribution >= 4 is 16.7 Å². The molecule has 1 aromatic heterocycles. The molecule has 0 amide bonds. The van der Waals surface area contributed by atoms with E-state index in [-0.39, 0.29) is 0 Å². The molecule has 3 aromatic rings. The second-order valence-corrected chi connectivity index (χ2v) is 4.19. The molecule has 0 spiro atoms. The highest BCUT2D eigenvalue weighted by atomic mass is 15.1. The number of imidazole rings is 1. The van der Waals surface area contributed by atoms with Crippen LogP contribution in [0.5, 0.6) is 0 Å². The predicted molar refractivity (Wildman–Crippen MR) is 74.6 cm³/mol. The van der Waals surface area contributed by atoms with Gasteiger partial charge in [0.2, 0.25) is 0 Å². The summed E-state index contributed by atoms with van der Waals surface area (Å²) in [6.45, 7) is 1.96. The van der Waals surface area contributed by atoms with Crippen LogP contribution in [0.3, 0.4) is 0 Å². The zero-order chi connectivity index (χ0) is 13.2. The first kappa shape index (κ1) is 11.3. The van der Waals surface area contributed by atoms with Gasteiger partial charge in [-0.1, -0.05) is 29.4 Å². The molecular formula is C14H11N5. The number of aromatic nitrogens is 2. The standard InChI is InChI=1S/C14H11N5/c1-10-16-13-9-11(17-18-15)7-8-14(13)19(10)12-5-3-2-4-6-12/h2-9H,1H3. The van der Waals surface area contributed by atoms with Gasteiger partial charge in [-0.2, -0.15) is 0 Å². The Morgan fingerprint density at radius 1 is 1.16 bits per heavy atom. The third kappa shape index (κ3) is 1.92. The smallest absolute Gasteiger partial charge is 0.111 e. The predicted octanol–water partition coefficient (Wildman–Crippen LogP) is 4.28. The van der Waals surface area contributed by atoms with Crippen molar-refractivity contribution in [2.24, 2.45) is 5.11 Å². The van der Waals surface area contributed by atoms with Gasteiger partial charge in [0.15, 0.2) is 0 Å². The Morgan fingerprint density at radius 3 is 2.68 bits per heavy atom. The van der Waals surface area contributed by atoms with Gasteiger partial charge in [-0.05, 0) is 36.7 Å². The van der Waals surface area contributed by atoms with Crippen LogP contribution >= 0.6 is 0 Å². The van der Waals surface area contributed by atoms with E-state index in [0.29, 0.717) is 5.69 Å². The Hall–Kier alpha value is -2.78. The monoisotopic (exact) mass is 249 g/mol. The average molecular weight is 249 g/mol. The maximum absolute atomic E-state index is 8.46. The topological polar surface area (TPSA) is 66.6 Å². The van der Waals surface area contributed by atoms with Crippen LogP contribution in [0.1, 0.15) is 5.82 Å². The minimum atomic E-state index is 0.577. The highest BCUT2D eigenvalue weighted by Crippen LogP contribution is 2.25. The molecular weight excluding hydrogens is 238 g/mol. The van der Waals surface area contributed by atoms with Crippen molar-refractivity contribution < 1.29 is 0 Å². The number of azide groups is 1. The number of benzene rings is 2. The van der Waals surface area contributed by atoms with Gasteiger partial charge in [0.25, 0.3) is 0 Å². The molecule has 3 rings (SSSR count). The van der Waals surface area contributed by atoms with Gasteiger partial charge >= 0.3 is 0 Å². The molecule has 5 nitrogen and oxygen atoms in total. The number of hydrogen-bond acceptors (Lipinski definition) is 2. The summed E-state index contributed by atoms with van der Waals surface area (Å²) in [5.41, 5.74) is 11.9. The van der Waals surface area contributed by atoms with Gasteiger partial charge in [-0.15, -0.1) is 0 Å². The fourth-order valence-corrected chi connectivity index (χ4v) is 2.21. The van der Waals surface area contributed by atoms with Gasteiger partial charge in [0.05, 0.1) is 11.0 Å². The van der Waals surface area contributed by atoms with E-state index in [9.17, 15) is 0 Å². The molecule has 0 radical (unpaired) electrons. The van der Waals surface area contributed by atoms with Crippen LogP contribution in [0.15, 0.2) is 53.6 Å². The maximum atomic E-state index is 8.46. The lowest BCUT2D eigenvalue weighted by Gasteiger charge is -2.06. The second kappa shape index (κ2) is 4.48. The fraction of sp³-hybridized carbons (Fsp3) is 0.0714. The number of rotatable bonds is 2. The summed E-state index contributed by atoms with van der Waals surface area (Å²) in [5, 5.41) is 3.60. The van der Waals surface area contributed by atoms with Crippen LogP contribution in [0, 0.1) is 6.92 Å². The van der Waals surface area contributed by atoms with Crippen molar-refractivity contribution in [1.29, 1.82) is 0 Å². The quantitative estimate of drug-likeness (QED) is 0.380. The minimum absolute atomic E-state index is 0.577. The van der Waals surface area contributed by atoms with E-state index >= 15 is 0 Å². The molecule has 92 valence electrons. The van der Waals surface area contributed by atoms with Gasteiger partial charge in [0, 0.05) is 16.3 Å². The molecule has 0 bridgehead atoms. The third-order valence-electron chi connectivity index (χ3n) is 2.98. The molecule has 0 aliphatic heterocycles. The van der Waals surface area contributed by atoms with Crippen molar-refractivity contribution in [3.63, 3.8) is 0 Å². The number of aryl methyl sites for hydroxylation is 1. The molecule has 5 heteroatoms. The minimum Gasteiger partial charge on any atom is -0.297 e. The Labute approximate surface area is 109 Å². The summed E-state index contributed by atoms with van der Waals surface area (Å²) < 4.78 is 2.08. The van der Waals surface area contributed by atoms with Crippen molar-refractivity contribution in [3.05, 3.63) is 64.8 Å². The summed E-state index contributed by atoms with van der Waals surface area (Å²) in [6, 6.07) is 15.6. The lowest BCUT2D eigenvalue weighted by atomic mass is 10.2. The lowest BCUT2D eigenvalue weighted by molar-refractivity contribution is 1.00. The molecule has 0 atom stereocenters. The molecule has 1 heterocycles. The van der Waals surface area contributed by atoms with E-state index in [1.807, 2.05) is 43.3 Å². The van der Waals surface area contributed by atoms with Gasteiger partial charge in [0.1, 0.15) is 5.82 Å². The lowest BCUT2D eigenvalue weighted by Crippen LogP contribution is -1.95. The van der Waals surface area contributed by atoms with Crippen LogP contribution in [0.2, 0.25) is 0 Å². The Bertz CT molecular complexity index is 782. The molecule has 0 unspecified atom stereocenters. The van der Waals surface area contributed by atoms with Crippen LogP contribution in [0.25, 0.3) is 27.2 Å². The van der Waals surface area contributed by atoms with Crippen LogP contribution in [0.4, 0.5) is 5.69 Å². The van der Waals surface area contributed by atoms with E-state index in [1.54, 1.807) is 12.1 Å². The fourth-order valence-electron chi connectivity index (χ4n) is 2.21. The molecule has 0 N–H and O–H groups in total. The first-order valence-electron chi connectivity index (χ1n) is 5.89. The molecule has 19 heavy (non-hydrogen) atoms. The summed E-state index contributed by atoms with van der Waals surface area (Å²) in [4.78, 5) is 7.30. The maximum Gasteiger partial charge on any atom is 0.111 e. The van der Waals surface area contributed by atoms with Crippen LogP contribution in [-0.4, -0.2) is 9.55 Å². The van der Waals surface area contributed by atoms with Gasteiger partial charge in [-0.25, -0.2) is 4.98 Å². The summed E-state index contributed by atoms with van der Waals surface area (Å²) >= 11 is 0. The normalized spacial score (nSPS) is 10.4. The first-order chi connectivity index (χ1) is 9.29. The van der Waals surface area contributed by atoms with Crippen LogP contribution in [-0.2, 0) is 0 Å². The van der Waals surface area contributed by atoms with E-state index < -0.39 is 0 Å². The first-order valence-corrected chi connectivity index (χ1v) is 5.89. The van der Waals surface area contributed by atoms with E-state index in [4.69, 9.17) is 5.53 Å². The highest BCUT2D eigenvalue weighted by molar-refractivity contribution is 5.81. The highest BCUT2D eigenvalue weighted by Gasteiger charge is 2.08. The zero-order valence-electron chi connectivity index (χ0n) is 10.4. The summed E-state index contributed by atoms with van der Waals surface area (Å²) in [5.74, 6) is 0.902. The number of para-hydroxylation sites is 1. The van der Waals surface area contributed by atoms with Crippen molar-refractivity contribution in [3.8, 4) is 5.69 Å². The Kier molecular flexibility index (Phi) is 2.67. The summed E-state index contributed by atoms with van der Waals surface area (Å²) in [7, 11) is 0. The van der Waals surface area contributed by atoms with Crippen molar-refractivity contribution in [1.82, 2.24) is 9.55 Å². The summed E-state index contributed by atoms with van der Waals surface area (Å²) in [6.07, 6.45) is 0. The van der Waals surface area contributed by atoms with Gasteiger partial charge < -0.3 is 0 Å². The van der Waals surface area contributed by atoms with E-state index in [1.165, 1.54) is 0 Å². The molecule has 2 aromatic carbocycles. The average Bonchev–Trinajstić information content (AvgIpc) is 2.75. The Morgan fingerprint density at radius 2 is 1.95 bits per heavy atom. The molecule has 0 aliphatic carbocycles. The SMILES string of the molecule is Cc1nc2cc(N=[N+]=[N-])ccc2n1-c1ccccc1. The number of fused-ring (bicyclic) bond motifs is 1. The number of hydrogen-bond donors (Lipinski definition) is 0. The molecule has 0 aliphatic rings. The van der Waals surface area contributed by atoms with E-state index in [0.717, 1.165) is 22.5 Å².